The minimum Gasteiger partial charge on any atom is -0.332 e. The predicted molar refractivity (Wildman–Crippen MR) is 61.3 cm³/mol. The first-order valence-corrected chi connectivity index (χ1v) is 5.94. The van der Waals surface area contributed by atoms with Gasteiger partial charge in [-0.05, 0) is 0 Å². The number of H-pyrrole nitrogens is 1. The number of carbonyl (C=O) groups is 2. The average Bonchev–Trinajstić information content (AvgIpc) is 2.87. The minimum atomic E-state index is -0.105. The Labute approximate surface area is 96.8 Å². The summed E-state index contributed by atoms with van der Waals surface area (Å²) >= 11 is 1.30. The second-order valence-corrected chi connectivity index (χ2v) is 4.43. The van der Waals surface area contributed by atoms with E-state index < -0.39 is 0 Å². The zero-order chi connectivity index (χ0) is 11.4. The zero-order valence-electron chi connectivity index (χ0n) is 8.60. The van der Waals surface area contributed by atoms with Crippen molar-refractivity contribution in [1.82, 2.24) is 15.1 Å². The Morgan fingerprint density at radius 2 is 2.56 bits per heavy atom. The highest BCUT2D eigenvalue weighted by atomic mass is 32.2. The Kier molecular flexibility index (Phi) is 3.45. The van der Waals surface area contributed by atoms with Crippen LogP contribution in [0, 0.1) is 0 Å². The summed E-state index contributed by atoms with van der Waals surface area (Å²) in [6.45, 7) is 1.22. The Hall–Kier alpha value is -1.50. The lowest BCUT2D eigenvalue weighted by molar-refractivity contribution is -0.116. The van der Waals surface area contributed by atoms with Gasteiger partial charge < -0.3 is 10.2 Å². The molecule has 2 rings (SSSR count). The van der Waals surface area contributed by atoms with E-state index in [1.165, 1.54) is 18.0 Å². The molecule has 0 bridgehead atoms. The van der Waals surface area contributed by atoms with Crippen LogP contribution in [0.25, 0.3) is 0 Å². The summed E-state index contributed by atoms with van der Waals surface area (Å²) in [7, 11) is 0. The molecule has 0 spiro atoms. The van der Waals surface area contributed by atoms with E-state index in [0.29, 0.717) is 18.7 Å². The molecule has 0 unspecified atom stereocenters. The Morgan fingerprint density at radius 3 is 3.19 bits per heavy atom. The first-order chi connectivity index (χ1) is 7.75. The highest BCUT2D eigenvalue weighted by Gasteiger charge is 2.21. The predicted octanol–water partition coefficient (Wildman–Crippen LogP) is 0.907. The molecule has 1 aromatic heterocycles. The lowest BCUT2D eigenvalue weighted by atomic mass is 10.3. The number of anilines is 1. The standard InChI is InChI=1S/C9H12N4O2S/c14-8(12-7-5-10-11-6-7)1-2-13-3-4-16-9(13)15/h5-6H,1-4H2,(H,10,11)(H,12,14). The van der Waals surface area contributed by atoms with E-state index in [9.17, 15) is 9.59 Å². The van der Waals surface area contributed by atoms with Gasteiger partial charge >= 0.3 is 0 Å². The van der Waals surface area contributed by atoms with Crippen LogP contribution in [0.5, 0.6) is 0 Å². The van der Waals surface area contributed by atoms with E-state index in [-0.39, 0.29) is 11.1 Å². The molecular weight excluding hydrogens is 228 g/mol. The van der Waals surface area contributed by atoms with E-state index in [1.54, 1.807) is 11.1 Å². The molecule has 1 aliphatic heterocycles. The van der Waals surface area contributed by atoms with E-state index in [2.05, 4.69) is 15.5 Å². The van der Waals surface area contributed by atoms with Gasteiger partial charge in [0.1, 0.15) is 0 Å². The third-order valence-electron chi connectivity index (χ3n) is 2.24. The SMILES string of the molecule is O=C(CCN1CCSC1=O)Nc1cn[nH]c1. The van der Waals surface area contributed by atoms with Gasteiger partial charge in [-0.15, -0.1) is 0 Å². The number of rotatable bonds is 4. The molecular formula is C9H12N4O2S. The maximum absolute atomic E-state index is 11.5. The van der Waals surface area contributed by atoms with E-state index in [1.807, 2.05) is 0 Å². The third kappa shape index (κ3) is 2.75. The average molecular weight is 240 g/mol. The summed E-state index contributed by atoms with van der Waals surface area (Å²) in [5, 5.41) is 9.07. The van der Waals surface area contributed by atoms with E-state index in [0.717, 1.165) is 12.3 Å². The fourth-order valence-electron chi connectivity index (χ4n) is 1.41. The minimum absolute atomic E-state index is 0.0658. The molecule has 2 N–H and O–H groups in total. The molecule has 2 heterocycles. The van der Waals surface area contributed by atoms with Crippen LogP contribution in [0.3, 0.4) is 0 Å². The van der Waals surface area contributed by atoms with Gasteiger partial charge in [0, 0.05) is 31.5 Å². The van der Waals surface area contributed by atoms with Crippen molar-refractivity contribution in [2.45, 2.75) is 6.42 Å². The van der Waals surface area contributed by atoms with E-state index >= 15 is 0 Å². The molecule has 16 heavy (non-hydrogen) atoms. The summed E-state index contributed by atoms with van der Waals surface area (Å²) in [6, 6.07) is 0. The summed E-state index contributed by atoms with van der Waals surface area (Å²) in [6.07, 6.45) is 3.46. The lowest BCUT2D eigenvalue weighted by Gasteiger charge is -2.13. The molecule has 1 aromatic rings. The number of aromatic nitrogens is 2. The topological polar surface area (TPSA) is 78.1 Å². The van der Waals surface area contributed by atoms with Crippen molar-refractivity contribution in [2.24, 2.45) is 0 Å². The number of hydrogen-bond acceptors (Lipinski definition) is 4. The Balaban J connectivity index is 1.73. The molecule has 0 saturated carbocycles. The van der Waals surface area contributed by atoms with Crippen LogP contribution < -0.4 is 5.32 Å². The second-order valence-electron chi connectivity index (χ2n) is 3.39. The maximum Gasteiger partial charge on any atom is 0.281 e. The van der Waals surface area contributed by atoms with Crippen LogP contribution >= 0.6 is 11.8 Å². The van der Waals surface area contributed by atoms with Gasteiger partial charge in [0.15, 0.2) is 0 Å². The normalized spacial score (nSPS) is 15.5. The van der Waals surface area contributed by atoms with Crippen LogP contribution in [0.2, 0.25) is 0 Å². The third-order valence-corrected chi connectivity index (χ3v) is 3.13. The van der Waals surface area contributed by atoms with Crippen molar-refractivity contribution in [3.8, 4) is 0 Å². The van der Waals surface area contributed by atoms with E-state index in [4.69, 9.17) is 0 Å². The molecule has 0 aromatic carbocycles. The van der Waals surface area contributed by atoms with Crippen LogP contribution in [0.15, 0.2) is 12.4 Å². The quantitative estimate of drug-likeness (QED) is 0.820. The van der Waals surface area contributed by atoms with Gasteiger partial charge in [0.05, 0.1) is 11.9 Å². The number of nitrogens with zero attached hydrogens (tertiary/aromatic N) is 2. The van der Waals surface area contributed by atoms with Gasteiger partial charge in [-0.3, -0.25) is 14.7 Å². The first-order valence-electron chi connectivity index (χ1n) is 4.96. The molecule has 1 aliphatic rings. The van der Waals surface area contributed by atoms with Gasteiger partial charge in [-0.2, -0.15) is 5.10 Å². The fraction of sp³-hybridized carbons (Fsp3) is 0.444. The summed E-state index contributed by atoms with van der Waals surface area (Å²) in [4.78, 5) is 24.4. The molecule has 1 saturated heterocycles. The molecule has 6 nitrogen and oxygen atoms in total. The maximum atomic E-state index is 11.5. The number of thioether (sulfide) groups is 1. The fourth-order valence-corrected chi connectivity index (χ4v) is 2.26. The van der Waals surface area contributed by atoms with Crippen molar-refractivity contribution in [1.29, 1.82) is 0 Å². The number of amides is 2. The number of nitrogens with one attached hydrogen (secondary N) is 2. The Morgan fingerprint density at radius 1 is 1.69 bits per heavy atom. The van der Waals surface area contributed by atoms with Gasteiger partial charge in [0.2, 0.25) is 5.91 Å². The van der Waals surface area contributed by atoms with Crippen LogP contribution in [0.1, 0.15) is 6.42 Å². The smallest absolute Gasteiger partial charge is 0.281 e. The highest BCUT2D eigenvalue weighted by Crippen LogP contribution is 2.17. The van der Waals surface area contributed by atoms with Crippen LogP contribution in [0.4, 0.5) is 10.5 Å². The monoisotopic (exact) mass is 240 g/mol. The van der Waals surface area contributed by atoms with Gasteiger partial charge in [-0.25, -0.2) is 0 Å². The largest absolute Gasteiger partial charge is 0.332 e. The van der Waals surface area contributed by atoms with Crippen molar-refractivity contribution in [2.75, 3.05) is 24.2 Å². The lowest BCUT2D eigenvalue weighted by Crippen LogP contribution is -2.27. The van der Waals surface area contributed by atoms with Gasteiger partial charge in [0.25, 0.3) is 5.24 Å². The Bertz CT molecular complexity index is 379. The van der Waals surface area contributed by atoms with Crippen molar-refractivity contribution in [3.63, 3.8) is 0 Å². The summed E-state index contributed by atoms with van der Waals surface area (Å²) in [5.41, 5.74) is 0.645. The molecule has 0 radical (unpaired) electrons. The molecule has 2 amide bonds. The van der Waals surface area contributed by atoms with Crippen molar-refractivity contribution in [3.05, 3.63) is 12.4 Å². The zero-order valence-corrected chi connectivity index (χ0v) is 9.42. The van der Waals surface area contributed by atoms with Crippen molar-refractivity contribution < 1.29 is 9.59 Å². The number of hydrogen-bond donors (Lipinski definition) is 2. The van der Waals surface area contributed by atoms with Crippen LogP contribution in [-0.2, 0) is 4.79 Å². The molecule has 0 aliphatic carbocycles. The molecule has 1 fully saturated rings. The van der Waals surface area contributed by atoms with Crippen LogP contribution in [-0.4, -0.2) is 45.1 Å². The van der Waals surface area contributed by atoms with Crippen molar-refractivity contribution >= 4 is 28.6 Å². The van der Waals surface area contributed by atoms with Gasteiger partial charge in [-0.1, -0.05) is 11.8 Å². The molecule has 0 atom stereocenters. The first kappa shape index (κ1) is 11.0. The second kappa shape index (κ2) is 5.02. The summed E-state index contributed by atoms with van der Waals surface area (Å²) < 4.78 is 0. The number of aromatic amines is 1. The highest BCUT2D eigenvalue weighted by molar-refractivity contribution is 8.13. The molecule has 7 heteroatoms. The number of carbonyl (C=O) groups excluding carboxylic acids is 2. The summed E-state index contributed by atoms with van der Waals surface area (Å²) in [5.74, 6) is 0.716. The molecule has 86 valence electrons.